The number of carbonyl (C=O) groups is 1. The fourth-order valence-corrected chi connectivity index (χ4v) is 5.81. The molecule has 0 unspecified atom stereocenters. The SMILES string of the molecule is C[C@@H]1CC[C@]23C[C@H]1C(C)(C)[C@@H]2CC[C@H]3C=O. The topological polar surface area (TPSA) is 17.1 Å². The molecule has 3 aliphatic rings. The van der Waals surface area contributed by atoms with E-state index in [1.807, 2.05) is 0 Å². The van der Waals surface area contributed by atoms with Gasteiger partial charge in [-0.15, -0.1) is 0 Å². The molecular weight excluding hydrogens is 196 g/mol. The van der Waals surface area contributed by atoms with Crippen LogP contribution >= 0.6 is 0 Å². The van der Waals surface area contributed by atoms with Crippen LogP contribution in [-0.4, -0.2) is 6.29 Å². The summed E-state index contributed by atoms with van der Waals surface area (Å²) in [6.07, 6.45) is 7.78. The Labute approximate surface area is 99.0 Å². The quantitative estimate of drug-likeness (QED) is 0.616. The predicted molar refractivity (Wildman–Crippen MR) is 65.0 cm³/mol. The molecule has 0 aromatic rings. The number of rotatable bonds is 1. The van der Waals surface area contributed by atoms with Crippen LogP contribution in [0.4, 0.5) is 0 Å². The van der Waals surface area contributed by atoms with Gasteiger partial charge in [0.15, 0.2) is 0 Å². The fourth-order valence-electron chi connectivity index (χ4n) is 5.81. The molecule has 0 N–H and O–H groups in total. The van der Waals surface area contributed by atoms with Crippen LogP contribution in [0, 0.1) is 34.5 Å². The molecular formula is C15H24O. The zero-order chi connectivity index (χ0) is 11.6. The Morgan fingerprint density at radius 2 is 1.94 bits per heavy atom. The van der Waals surface area contributed by atoms with Gasteiger partial charge >= 0.3 is 0 Å². The maximum atomic E-state index is 11.3. The molecule has 5 atom stereocenters. The predicted octanol–water partition coefficient (Wildman–Crippen LogP) is 3.67. The molecule has 1 nitrogen and oxygen atoms in total. The average molecular weight is 220 g/mol. The highest BCUT2D eigenvalue weighted by atomic mass is 16.1. The van der Waals surface area contributed by atoms with Crippen molar-refractivity contribution in [1.29, 1.82) is 0 Å². The van der Waals surface area contributed by atoms with E-state index in [4.69, 9.17) is 0 Å². The van der Waals surface area contributed by atoms with E-state index in [9.17, 15) is 4.79 Å². The molecule has 2 bridgehead atoms. The first-order valence-corrected chi connectivity index (χ1v) is 6.97. The Bertz CT molecular complexity index is 319. The lowest BCUT2D eigenvalue weighted by atomic mass is 9.66. The first-order valence-electron chi connectivity index (χ1n) is 6.97. The summed E-state index contributed by atoms with van der Waals surface area (Å²) in [5, 5.41) is 0. The molecule has 0 aromatic carbocycles. The second-order valence-corrected chi connectivity index (χ2v) is 7.25. The monoisotopic (exact) mass is 220 g/mol. The summed E-state index contributed by atoms with van der Waals surface area (Å²) in [4.78, 5) is 11.3. The van der Waals surface area contributed by atoms with E-state index in [1.54, 1.807) is 0 Å². The zero-order valence-corrected chi connectivity index (χ0v) is 10.8. The molecule has 0 aliphatic heterocycles. The standard InChI is InChI=1S/C15H24O/c1-10-6-7-15-8-12(10)14(2,3)13(15)5-4-11(15)9-16/h9-13H,4-8H2,1-3H3/t10-,11+,12-,13+,15-/m1/s1. The van der Waals surface area contributed by atoms with E-state index in [2.05, 4.69) is 20.8 Å². The van der Waals surface area contributed by atoms with Gasteiger partial charge in [-0.25, -0.2) is 0 Å². The third-order valence-corrected chi connectivity index (χ3v) is 6.57. The summed E-state index contributed by atoms with van der Waals surface area (Å²) in [7, 11) is 0. The number of carbonyl (C=O) groups excluding carboxylic acids is 1. The van der Waals surface area contributed by atoms with Gasteiger partial charge in [0.2, 0.25) is 0 Å². The van der Waals surface area contributed by atoms with Crippen molar-refractivity contribution in [3.8, 4) is 0 Å². The minimum Gasteiger partial charge on any atom is -0.303 e. The molecule has 1 heteroatoms. The van der Waals surface area contributed by atoms with E-state index in [0.717, 1.165) is 17.8 Å². The Kier molecular flexibility index (Phi) is 2.10. The second kappa shape index (κ2) is 3.11. The lowest BCUT2D eigenvalue weighted by Gasteiger charge is -2.38. The van der Waals surface area contributed by atoms with Gasteiger partial charge in [0.05, 0.1) is 0 Å². The summed E-state index contributed by atoms with van der Waals surface area (Å²) < 4.78 is 0. The number of aldehydes is 1. The first kappa shape index (κ1) is 10.8. The van der Waals surface area contributed by atoms with Crippen LogP contribution in [-0.2, 0) is 4.79 Å². The number of hydrogen-bond donors (Lipinski definition) is 0. The highest BCUT2D eigenvalue weighted by Gasteiger charge is 2.65. The molecule has 0 saturated heterocycles. The number of fused-ring (bicyclic) bond motifs is 1. The maximum absolute atomic E-state index is 11.3. The van der Waals surface area contributed by atoms with Gasteiger partial charge in [-0.3, -0.25) is 0 Å². The molecule has 3 rings (SSSR count). The van der Waals surface area contributed by atoms with Gasteiger partial charge in [-0.2, -0.15) is 0 Å². The largest absolute Gasteiger partial charge is 0.303 e. The van der Waals surface area contributed by atoms with Crippen LogP contribution in [0.3, 0.4) is 0 Å². The Balaban J connectivity index is 2.04. The molecule has 16 heavy (non-hydrogen) atoms. The fraction of sp³-hybridized carbons (Fsp3) is 0.933. The summed E-state index contributed by atoms with van der Waals surface area (Å²) >= 11 is 0. The summed E-state index contributed by atoms with van der Waals surface area (Å²) in [6, 6.07) is 0. The van der Waals surface area contributed by atoms with Crippen molar-refractivity contribution in [2.45, 2.75) is 52.9 Å². The van der Waals surface area contributed by atoms with Gasteiger partial charge in [0, 0.05) is 5.92 Å². The van der Waals surface area contributed by atoms with Gasteiger partial charge in [0.1, 0.15) is 6.29 Å². The Morgan fingerprint density at radius 3 is 2.62 bits per heavy atom. The Morgan fingerprint density at radius 1 is 1.19 bits per heavy atom. The van der Waals surface area contributed by atoms with Gasteiger partial charge in [-0.05, 0) is 60.7 Å². The van der Waals surface area contributed by atoms with Crippen molar-refractivity contribution < 1.29 is 4.79 Å². The minimum atomic E-state index is 0.384. The van der Waals surface area contributed by atoms with E-state index < -0.39 is 0 Å². The Hall–Kier alpha value is -0.330. The van der Waals surface area contributed by atoms with Crippen molar-refractivity contribution in [3.05, 3.63) is 0 Å². The lowest BCUT2D eigenvalue weighted by Crippen LogP contribution is -2.33. The third-order valence-electron chi connectivity index (χ3n) is 6.57. The normalized spacial score (nSPS) is 53.7. The molecule has 3 saturated carbocycles. The molecule has 3 aliphatic carbocycles. The van der Waals surface area contributed by atoms with E-state index in [0.29, 0.717) is 16.7 Å². The highest BCUT2D eigenvalue weighted by molar-refractivity contribution is 5.56. The van der Waals surface area contributed by atoms with Gasteiger partial charge in [0.25, 0.3) is 0 Å². The second-order valence-electron chi connectivity index (χ2n) is 7.25. The molecule has 3 fully saturated rings. The molecule has 90 valence electrons. The van der Waals surface area contributed by atoms with Crippen LogP contribution in [0.25, 0.3) is 0 Å². The van der Waals surface area contributed by atoms with Crippen molar-refractivity contribution >= 4 is 6.29 Å². The lowest BCUT2D eigenvalue weighted by molar-refractivity contribution is -0.115. The van der Waals surface area contributed by atoms with Crippen LogP contribution in [0.2, 0.25) is 0 Å². The molecule has 0 amide bonds. The first-order chi connectivity index (χ1) is 7.52. The minimum absolute atomic E-state index is 0.384. The smallest absolute Gasteiger partial charge is 0.123 e. The van der Waals surface area contributed by atoms with E-state index in [-0.39, 0.29) is 0 Å². The average Bonchev–Trinajstić information content (AvgIpc) is 2.68. The van der Waals surface area contributed by atoms with Crippen LogP contribution in [0.5, 0.6) is 0 Å². The van der Waals surface area contributed by atoms with Crippen molar-refractivity contribution in [3.63, 3.8) is 0 Å². The summed E-state index contributed by atoms with van der Waals surface area (Å²) in [6.45, 7) is 7.37. The van der Waals surface area contributed by atoms with Crippen molar-refractivity contribution in [2.24, 2.45) is 34.5 Å². The number of hydrogen-bond acceptors (Lipinski definition) is 1. The maximum Gasteiger partial charge on any atom is 0.123 e. The molecule has 0 aromatic heterocycles. The van der Waals surface area contributed by atoms with E-state index >= 15 is 0 Å². The van der Waals surface area contributed by atoms with Gasteiger partial charge < -0.3 is 4.79 Å². The zero-order valence-electron chi connectivity index (χ0n) is 10.8. The van der Waals surface area contributed by atoms with Crippen LogP contribution in [0.15, 0.2) is 0 Å². The molecule has 0 heterocycles. The molecule has 1 spiro atoms. The van der Waals surface area contributed by atoms with Crippen molar-refractivity contribution in [2.75, 3.05) is 0 Å². The molecule has 0 radical (unpaired) electrons. The highest BCUT2D eigenvalue weighted by Crippen LogP contribution is 2.72. The van der Waals surface area contributed by atoms with Gasteiger partial charge in [-0.1, -0.05) is 20.8 Å². The third kappa shape index (κ3) is 1.05. The van der Waals surface area contributed by atoms with Crippen LogP contribution < -0.4 is 0 Å². The summed E-state index contributed by atoms with van der Waals surface area (Å²) in [5.41, 5.74) is 0.899. The van der Waals surface area contributed by atoms with E-state index in [1.165, 1.54) is 38.4 Å². The summed E-state index contributed by atoms with van der Waals surface area (Å²) in [5.74, 6) is 2.95. The van der Waals surface area contributed by atoms with Crippen molar-refractivity contribution in [1.82, 2.24) is 0 Å². The van der Waals surface area contributed by atoms with Crippen LogP contribution in [0.1, 0.15) is 52.9 Å².